The first-order valence-electron chi connectivity index (χ1n) is 8.58. The van der Waals surface area contributed by atoms with Gasteiger partial charge in [-0.05, 0) is 50.7 Å². The van der Waals surface area contributed by atoms with Crippen LogP contribution in [0.2, 0.25) is 0 Å². The normalized spacial score (nSPS) is 22.1. The molecule has 1 aromatic rings. The summed E-state index contributed by atoms with van der Waals surface area (Å²) in [4.78, 5) is 14.6. The maximum absolute atomic E-state index is 12.5. The van der Waals surface area contributed by atoms with E-state index in [0.717, 1.165) is 44.5 Å². The fourth-order valence-electron chi connectivity index (χ4n) is 3.46. The number of allylic oxidation sites excluding steroid dienone is 1. The molecule has 1 heterocycles. The largest absolute Gasteiger partial charge is 0.381 e. The fraction of sp³-hybridized carbons (Fsp3) is 0.526. The molecule has 1 aliphatic carbocycles. The lowest BCUT2D eigenvalue weighted by Gasteiger charge is -2.34. The summed E-state index contributed by atoms with van der Waals surface area (Å²) < 4.78 is 0. The van der Waals surface area contributed by atoms with Crippen LogP contribution in [0.3, 0.4) is 0 Å². The van der Waals surface area contributed by atoms with Crippen LogP contribution in [0.1, 0.15) is 44.9 Å². The van der Waals surface area contributed by atoms with Crippen molar-refractivity contribution in [3.05, 3.63) is 42.0 Å². The van der Waals surface area contributed by atoms with Gasteiger partial charge in [-0.3, -0.25) is 4.79 Å². The van der Waals surface area contributed by atoms with Crippen molar-refractivity contribution in [2.24, 2.45) is 0 Å². The molecule has 118 valence electrons. The molecule has 0 aromatic heterocycles. The van der Waals surface area contributed by atoms with Crippen LogP contribution in [0, 0.1) is 0 Å². The molecule has 0 radical (unpaired) electrons. The fourth-order valence-corrected chi connectivity index (χ4v) is 3.46. The van der Waals surface area contributed by atoms with Crippen molar-refractivity contribution in [3.63, 3.8) is 0 Å². The summed E-state index contributed by atoms with van der Waals surface area (Å²) in [5, 5.41) is 3.56. The zero-order chi connectivity index (χ0) is 15.2. The number of carbonyl (C=O) groups excluding carboxylic acids is 1. The van der Waals surface area contributed by atoms with Gasteiger partial charge >= 0.3 is 0 Å². The summed E-state index contributed by atoms with van der Waals surface area (Å²) in [5.74, 6) is 0.313. The zero-order valence-corrected chi connectivity index (χ0v) is 13.3. The third-order valence-electron chi connectivity index (χ3n) is 4.68. The average Bonchev–Trinajstić information content (AvgIpc) is 2.57. The predicted octanol–water partition coefficient (Wildman–Crippen LogP) is 3.98. The topological polar surface area (TPSA) is 32.3 Å². The highest BCUT2D eigenvalue weighted by atomic mass is 16.2. The first-order chi connectivity index (χ1) is 10.8. The highest BCUT2D eigenvalue weighted by Crippen LogP contribution is 2.22. The molecular formula is C19H26N2O. The van der Waals surface area contributed by atoms with E-state index in [0.29, 0.717) is 18.4 Å². The summed E-state index contributed by atoms with van der Waals surface area (Å²) in [5.41, 5.74) is 2.51. The Morgan fingerprint density at radius 1 is 1.18 bits per heavy atom. The smallest absolute Gasteiger partial charge is 0.226 e. The lowest BCUT2D eigenvalue weighted by molar-refractivity contribution is -0.131. The molecule has 1 amide bonds. The Kier molecular flexibility index (Phi) is 5.15. The number of anilines is 1. The molecule has 0 spiro atoms. The average molecular weight is 298 g/mol. The van der Waals surface area contributed by atoms with Crippen molar-refractivity contribution >= 4 is 11.6 Å². The molecule has 1 aromatic carbocycles. The minimum Gasteiger partial charge on any atom is -0.381 e. The van der Waals surface area contributed by atoms with E-state index in [1.54, 1.807) is 0 Å². The maximum Gasteiger partial charge on any atom is 0.226 e. The molecular weight excluding hydrogens is 272 g/mol. The number of likely N-dealkylation sites (tertiary alicyclic amines) is 1. The molecule has 3 heteroatoms. The summed E-state index contributed by atoms with van der Waals surface area (Å²) in [7, 11) is 0. The molecule has 0 saturated carbocycles. The predicted molar refractivity (Wildman–Crippen MR) is 90.8 cm³/mol. The van der Waals surface area contributed by atoms with E-state index in [4.69, 9.17) is 0 Å². The van der Waals surface area contributed by atoms with Crippen LogP contribution in [0.25, 0.3) is 0 Å². The number of hydrogen-bond acceptors (Lipinski definition) is 2. The van der Waals surface area contributed by atoms with Gasteiger partial charge in [0.1, 0.15) is 0 Å². The number of para-hydroxylation sites is 1. The van der Waals surface area contributed by atoms with E-state index in [1.165, 1.54) is 18.4 Å². The van der Waals surface area contributed by atoms with Crippen LogP contribution < -0.4 is 5.32 Å². The molecule has 1 N–H and O–H groups in total. The summed E-state index contributed by atoms with van der Waals surface area (Å²) in [6.07, 6.45) is 9.95. The Bertz CT molecular complexity index is 523. The van der Waals surface area contributed by atoms with E-state index in [2.05, 4.69) is 28.4 Å². The first-order valence-corrected chi connectivity index (χ1v) is 8.58. The van der Waals surface area contributed by atoms with E-state index in [9.17, 15) is 4.79 Å². The Morgan fingerprint density at radius 2 is 2.05 bits per heavy atom. The van der Waals surface area contributed by atoms with Gasteiger partial charge in [0.25, 0.3) is 0 Å². The molecule has 1 aliphatic heterocycles. The Morgan fingerprint density at radius 3 is 2.82 bits per heavy atom. The third kappa shape index (κ3) is 4.12. The molecule has 3 nitrogen and oxygen atoms in total. The van der Waals surface area contributed by atoms with Crippen LogP contribution in [0.4, 0.5) is 5.69 Å². The van der Waals surface area contributed by atoms with Gasteiger partial charge in [0.15, 0.2) is 0 Å². The number of piperidine rings is 1. The monoisotopic (exact) mass is 298 g/mol. The van der Waals surface area contributed by atoms with Crippen molar-refractivity contribution < 1.29 is 4.79 Å². The van der Waals surface area contributed by atoms with Gasteiger partial charge < -0.3 is 10.2 Å². The van der Waals surface area contributed by atoms with Gasteiger partial charge in [-0.1, -0.05) is 29.8 Å². The number of amides is 1. The number of carbonyl (C=O) groups is 1. The van der Waals surface area contributed by atoms with Gasteiger partial charge in [-0.25, -0.2) is 0 Å². The van der Waals surface area contributed by atoms with Crippen LogP contribution in [0.5, 0.6) is 0 Å². The van der Waals surface area contributed by atoms with Crippen LogP contribution >= 0.6 is 0 Å². The standard InChI is InChI=1S/C19H26N2O/c22-19(14-16-8-3-1-4-9-16)21-13-7-12-18(15-21)20-17-10-5-2-6-11-17/h2,5-6,8,10-11,18,20H,1,3-4,7,9,12-15H2. The van der Waals surface area contributed by atoms with E-state index >= 15 is 0 Å². The number of hydrogen-bond donors (Lipinski definition) is 1. The molecule has 0 bridgehead atoms. The number of nitrogens with one attached hydrogen (secondary N) is 1. The lowest BCUT2D eigenvalue weighted by atomic mass is 9.96. The number of rotatable bonds is 4. The second-order valence-electron chi connectivity index (χ2n) is 6.47. The first kappa shape index (κ1) is 15.1. The van der Waals surface area contributed by atoms with Gasteiger partial charge in [-0.15, -0.1) is 0 Å². The maximum atomic E-state index is 12.5. The number of nitrogens with zero attached hydrogens (tertiary/aromatic N) is 1. The highest BCUT2D eigenvalue weighted by molar-refractivity contribution is 5.79. The summed E-state index contributed by atoms with van der Waals surface area (Å²) in [6, 6.07) is 10.7. The zero-order valence-electron chi connectivity index (χ0n) is 13.3. The van der Waals surface area contributed by atoms with Crippen molar-refractivity contribution in [2.45, 2.75) is 51.0 Å². The van der Waals surface area contributed by atoms with Gasteiger partial charge in [-0.2, -0.15) is 0 Å². The van der Waals surface area contributed by atoms with Crippen molar-refractivity contribution in [2.75, 3.05) is 18.4 Å². The number of benzene rings is 1. The van der Waals surface area contributed by atoms with E-state index in [-0.39, 0.29) is 0 Å². The second kappa shape index (κ2) is 7.48. The molecule has 1 fully saturated rings. The third-order valence-corrected chi connectivity index (χ3v) is 4.68. The van der Waals surface area contributed by atoms with E-state index < -0.39 is 0 Å². The lowest BCUT2D eigenvalue weighted by Crippen LogP contribution is -2.45. The van der Waals surface area contributed by atoms with E-state index in [1.807, 2.05) is 18.2 Å². The van der Waals surface area contributed by atoms with Crippen LogP contribution in [-0.4, -0.2) is 29.9 Å². The Hall–Kier alpha value is -1.77. The van der Waals surface area contributed by atoms with Gasteiger partial charge in [0.05, 0.1) is 0 Å². The van der Waals surface area contributed by atoms with Gasteiger partial charge in [0, 0.05) is 31.2 Å². The summed E-state index contributed by atoms with van der Waals surface area (Å²) in [6.45, 7) is 1.75. The van der Waals surface area contributed by atoms with Crippen LogP contribution in [0.15, 0.2) is 42.0 Å². The highest BCUT2D eigenvalue weighted by Gasteiger charge is 2.24. The van der Waals surface area contributed by atoms with Crippen molar-refractivity contribution in [1.82, 2.24) is 4.90 Å². The van der Waals surface area contributed by atoms with Crippen molar-refractivity contribution in [1.29, 1.82) is 0 Å². The second-order valence-corrected chi connectivity index (χ2v) is 6.47. The quantitative estimate of drug-likeness (QED) is 0.853. The van der Waals surface area contributed by atoms with Gasteiger partial charge in [0.2, 0.25) is 5.91 Å². The Balaban J connectivity index is 1.53. The van der Waals surface area contributed by atoms with Crippen molar-refractivity contribution in [3.8, 4) is 0 Å². The Labute approximate surface area is 133 Å². The minimum absolute atomic E-state index is 0.313. The molecule has 1 atom stereocenters. The molecule has 1 saturated heterocycles. The molecule has 22 heavy (non-hydrogen) atoms. The molecule has 3 rings (SSSR count). The SMILES string of the molecule is O=C(CC1=CCCCC1)N1CCCC(Nc2ccccc2)C1. The molecule has 1 unspecified atom stereocenters. The minimum atomic E-state index is 0.313. The molecule has 2 aliphatic rings. The van der Waals surface area contributed by atoms with Crippen LogP contribution in [-0.2, 0) is 4.79 Å². The summed E-state index contributed by atoms with van der Waals surface area (Å²) >= 11 is 0.